The third kappa shape index (κ3) is 3.24. The normalized spacial score (nSPS) is 11.5. The largest absolute Gasteiger partial charge is 0.361 e. The van der Waals surface area contributed by atoms with E-state index in [0.29, 0.717) is 11.5 Å². The van der Waals surface area contributed by atoms with E-state index in [1.807, 2.05) is 0 Å². The quantitative estimate of drug-likeness (QED) is 0.495. The molecule has 19 heavy (non-hydrogen) atoms. The fourth-order valence-corrected chi connectivity index (χ4v) is 2.17. The summed E-state index contributed by atoms with van der Waals surface area (Å²) >= 11 is 0. The predicted octanol–water partition coefficient (Wildman–Crippen LogP) is -0.463. The minimum Gasteiger partial charge on any atom is -0.361 e. The molecule has 0 spiro atoms. The predicted molar refractivity (Wildman–Crippen MR) is 65.1 cm³/mol. The Balaban J connectivity index is 2.09. The van der Waals surface area contributed by atoms with Gasteiger partial charge in [0.05, 0.1) is 24.6 Å². The van der Waals surface area contributed by atoms with Crippen molar-refractivity contribution in [1.29, 1.82) is 0 Å². The number of nitrogens with two attached hydrogens (primary N) is 1. The van der Waals surface area contributed by atoms with Crippen LogP contribution in [0, 0.1) is 6.92 Å². The zero-order chi connectivity index (χ0) is 13.9. The molecule has 0 saturated heterocycles. The molecule has 0 unspecified atom stereocenters. The molecule has 4 N–H and O–H groups in total. The Morgan fingerprint density at radius 1 is 1.37 bits per heavy atom. The average Bonchev–Trinajstić information content (AvgIpc) is 2.82. The first-order chi connectivity index (χ1) is 9.01. The van der Waals surface area contributed by atoms with E-state index >= 15 is 0 Å². The Kier molecular flexibility index (Phi) is 3.74. The molecular formula is C9H12N6O3S. The minimum absolute atomic E-state index is 0.0244. The number of hydrazine groups is 1. The highest BCUT2D eigenvalue weighted by molar-refractivity contribution is 7.89. The zero-order valence-corrected chi connectivity index (χ0v) is 10.8. The van der Waals surface area contributed by atoms with E-state index in [1.54, 1.807) is 13.0 Å². The maximum absolute atomic E-state index is 11.9. The highest BCUT2D eigenvalue weighted by Crippen LogP contribution is 2.08. The molecule has 0 aliphatic heterocycles. The standard InChI is InChI=1S/C9H12N6O3S/c1-6-2-7(15-18-6)3-13-19(16,17)8-4-11-9(14-10)12-5-8/h2,4-5,13H,3,10H2,1H3,(H,11,12,14). The minimum atomic E-state index is -3.70. The Morgan fingerprint density at radius 3 is 2.58 bits per heavy atom. The van der Waals surface area contributed by atoms with Crippen molar-refractivity contribution in [3.63, 3.8) is 0 Å². The number of rotatable bonds is 5. The summed E-state index contributed by atoms with van der Waals surface area (Å²) in [6, 6.07) is 1.64. The van der Waals surface area contributed by atoms with Crippen LogP contribution in [-0.4, -0.2) is 23.5 Å². The molecule has 2 heterocycles. The second-order valence-corrected chi connectivity index (χ2v) is 5.41. The number of anilines is 1. The molecule has 10 heteroatoms. The van der Waals surface area contributed by atoms with Gasteiger partial charge in [0.25, 0.3) is 0 Å². The van der Waals surface area contributed by atoms with E-state index in [2.05, 4.69) is 25.3 Å². The number of aromatic nitrogens is 3. The van der Waals surface area contributed by atoms with Gasteiger partial charge in [0.15, 0.2) is 0 Å². The van der Waals surface area contributed by atoms with Crippen LogP contribution in [0.1, 0.15) is 11.5 Å². The summed E-state index contributed by atoms with van der Waals surface area (Å²) in [5, 5.41) is 3.68. The van der Waals surface area contributed by atoms with Crippen LogP contribution in [-0.2, 0) is 16.6 Å². The molecule has 2 rings (SSSR count). The van der Waals surface area contributed by atoms with Crippen LogP contribution in [0.2, 0.25) is 0 Å². The van der Waals surface area contributed by atoms with E-state index in [9.17, 15) is 8.42 Å². The van der Waals surface area contributed by atoms with Crippen molar-refractivity contribution in [2.45, 2.75) is 18.4 Å². The molecule has 0 atom stereocenters. The van der Waals surface area contributed by atoms with Crippen molar-refractivity contribution in [3.05, 3.63) is 29.9 Å². The number of nitrogen functional groups attached to an aromatic ring is 1. The van der Waals surface area contributed by atoms with Crippen molar-refractivity contribution in [2.75, 3.05) is 5.43 Å². The Morgan fingerprint density at radius 2 is 2.05 bits per heavy atom. The van der Waals surface area contributed by atoms with Gasteiger partial charge >= 0.3 is 0 Å². The molecule has 0 amide bonds. The first-order valence-electron chi connectivity index (χ1n) is 5.22. The molecule has 0 aliphatic rings. The van der Waals surface area contributed by atoms with E-state index < -0.39 is 10.0 Å². The van der Waals surface area contributed by atoms with Crippen LogP contribution in [0.15, 0.2) is 27.9 Å². The Labute approximate surface area is 109 Å². The van der Waals surface area contributed by atoms with Gasteiger partial charge in [-0.3, -0.25) is 5.43 Å². The third-order valence-corrected chi connectivity index (χ3v) is 3.54. The van der Waals surface area contributed by atoms with Crippen molar-refractivity contribution in [1.82, 2.24) is 19.8 Å². The fourth-order valence-electron chi connectivity index (χ4n) is 1.28. The lowest BCUT2D eigenvalue weighted by atomic mass is 10.4. The van der Waals surface area contributed by atoms with Crippen LogP contribution in [0.4, 0.5) is 5.95 Å². The number of hydrogen-bond acceptors (Lipinski definition) is 8. The maximum Gasteiger partial charge on any atom is 0.244 e. The van der Waals surface area contributed by atoms with Crippen molar-refractivity contribution < 1.29 is 12.9 Å². The first-order valence-corrected chi connectivity index (χ1v) is 6.70. The molecule has 0 bridgehead atoms. The van der Waals surface area contributed by atoms with Crippen LogP contribution < -0.4 is 16.0 Å². The van der Waals surface area contributed by atoms with E-state index in [0.717, 1.165) is 12.4 Å². The Hall–Kier alpha value is -2.04. The lowest BCUT2D eigenvalue weighted by Gasteiger charge is -2.04. The van der Waals surface area contributed by atoms with Crippen molar-refractivity contribution in [2.24, 2.45) is 5.84 Å². The van der Waals surface area contributed by atoms with Gasteiger partial charge in [-0.15, -0.1) is 0 Å². The molecule has 102 valence electrons. The third-order valence-electron chi connectivity index (χ3n) is 2.19. The van der Waals surface area contributed by atoms with Crippen molar-refractivity contribution >= 4 is 16.0 Å². The van der Waals surface area contributed by atoms with E-state index in [-0.39, 0.29) is 17.4 Å². The monoisotopic (exact) mass is 284 g/mol. The molecule has 0 saturated carbocycles. The van der Waals surface area contributed by atoms with Gasteiger partial charge in [0.1, 0.15) is 10.7 Å². The van der Waals surface area contributed by atoms with E-state index in [4.69, 9.17) is 10.4 Å². The number of nitrogens with one attached hydrogen (secondary N) is 2. The molecule has 0 radical (unpaired) electrons. The summed E-state index contributed by atoms with van der Waals surface area (Å²) < 4.78 is 31.0. The topological polar surface area (TPSA) is 136 Å². The van der Waals surface area contributed by atoms with Gasteiger partial charge in [-0.1, -0.05) is 5.16 Å². The van der Waals surface area contributed by atoms with Gasteiger partial charge in [0.2, 0.25) is 16.0 Å². The number of hydrogen-bond donors (Lipinski definition) is 3. The average molecular weight is 284 g/mol. The molecule has 2 aromatic heterocycles. The summed E-state index contributed by atoms with van der Waals surface area (Å²) in [6.45, 7) is 1.74. The van der Waals surface area contributed by atoms with Crippen molar-refractivity contribution in [3.8, 4) is 0 Å². The summed E-state index contributed by atoms with van der Waals surface area (Å²) in [7, 11) is -3.70. The number of sulfonamides is 1. The Bertz CT molecular complexity index is 651. The summed E-state index contributed by atoms with van der Waals surface area (Å²) in [5.74, 6) is 5.83. The van der Waals surface area contributed by atoms with Crippen LogP contribution in [0.25, 0.3) is 0 Å². The van der Waals surface area contributed by atoms with Gasteiger partial charge in [-0.05, 0) is 6.92 Å². The van der Waals surface area contributed by atoms with E-state index in [1.165, 1.54) is 0 Å². The fraction of sp³-hybridized carbons (Fsp3) is 0.222. The molecule has 0 aromatic carbocycles. The molecule has 0 fully saturated rings. The summed E-state index contributed by atoms with van der Waals surface area (Å²) in [6.07, 6.45) is 2.30. The van der Waals surface area contributed by atoms with Gasteiger partial charge in [0, 0.05) is 6.07 Å². The highest BCUT2D eigenvalue weighted by atomic mass is 32.2. The SMILES string of the molecule is Cc1cc(CNS(=O)(=O)c2cnc(NN)nc2)no1. The van der Waals surface area contributed by atoms with Gasteiger partial charge in [-0.25, -0.2) is 29.0 Å². The summed E-state index contributed by atoms with van der Waals surface area (Å²) in [5.41, 5.74) is 2.69. The zero-order valence-electron chi connectivity index (χ0n) is 9.99. The molecule has 0 aliphatic carbocycles. The second-order valence-electron chi connectivity index (χ2n) is 3.64. The smallest absolute Gasteiger partial charge is 0.244 e. The molecular weight excluding hydrogens is 272 g/mol. The van der Waals surface area contributed by atoms with Crippen LogP contribution in [0.3, 0.4) is 0 Å². The number of nitrogens with zero attached hydrogens (tertiary/aromatic N) is 3. The lowest BCUT2D eigenvalue weighted by Crippen LogP contribution is -2.24. The number of aryl methyl sites for hydroxylation is 1. The first kappa shape index (κ1) is 13.4. The van der Waals surface area contributed by atoms with Gasteiger partial charge in [-0.2, -0.15) is 0 Å². The highest BCUT2D eigenvalue weighted by Gasteiger charge is 2.15. The molecule has 2 aromatic rings. The lowest BCUT2D eigenvalue weighted by molar-refractivity contribution is 0.390. The maximum atomic E-state index is 11.9. The molecule has 9 nitrogen and oxygen atoms in total. The van der Waals surface area contributed by atoms with Gasteiger partial charge < -0.3 is 4.52 Å². The van der Waals surface area contributed by atoms with Crippen LogP contribution >= 0.6 is 0 Å². The van der Waals surface area contributed by atoms with Crippen LogP contribution in [0.5, 0.6) is 0 Å². The second kappa shape index (κ2) is 5.30. The summed E-state index contributed by atoms with van der Waals surface area (Å²) in [4.78, 5) is 7.38.